The number of alkyl halides is 3. The molecule has 1 unspecified atom stereocenters. The van der Waals surface area contributed by atoms with E-state index in [0.717, 1.165) is 11.8 Å². The summed E-state index contributed by atoms with van der Waals surface area (Å²) in [6.07, 6.45) is -4.52. The van der Waals surface area contributed by atoms with Crippen molar-refractivity contribution >= 4 is 11.8 Å². The molecule has 0 aliphatic heterocycles. The molecule has 18 heavy (non-hydrogen) atoms. The molecule has 0 aliphatic rings. The second-order valence-corrected chi connectivity index (χ2v) is 4.37. The molecule has 0 amide bonds. The summed E-state index contributed by atoms with van der Waals surface area (Å²) in [4.78, 5) is 0. The average molecular weight is 279 g/mol. The number of nitrogens with two attached hydrogens (primary N) is 1. The number of nitrogens with zero attached hydrogens (tertiary/aromatic N) is 4. The van der Waals surface area contributed by atoms with E-state index in [2.05, 4.69) is 10.2 Å². The topological polar surface area (TPSA) is 80.5 Å². The lowest BCUT2D eigenvalue weighted by Crippen LogP contribution is -2.23. The van der Waals surface area contributed by atoms with Gasteiger partial charge in [-0.05, 0) is 6.92 Å². The molecule has 2 N–H and O–H groups in total. The summed E-state index contributed by atoms with van der Waals surface area (Å²) in [5.41, 5.74) is 5.43. The van der Waals surface area contributed by atoms with Crippen LogP contribution < -0.4 is 5.73 Å². The summed E-state index contributed by atoms with van der Waals surface area (Å²) in [6.45, 7) is 2.51. The Kier molecular flexibility index (Phi) is 4.98. The van der Waals surface area contributed by atoms with Crippen LogP contribution in [-0.4, -0.2) is 26.7 Å². The molecule has 1 aromatic rings. The van der Waals surface area contributed by atoms with Crippen LogP contribution in [0, 0.1) is 17.2 Å². The highest BCUT2D eigenvalue weighted by atomic mass is 32.2. The summed E-state index contributed by atoms with van der Waals surface area (Å²) >= 11 is 0.859. The Balaban J connectivity index is 2.75. The van der Waals surface area contributed by atoms with Crippen molar-refractivity contribution in [1.29, 1.82) is 5.26 Å². The lowest BCUT2D eigenvalue weighted by atomic mass is 10.2. The SMILES string of the molecule is CCn1c(CN)nnc1SCC(C#N)C(F)(F)F. The molecule has 0 fully saturated rings. The number of hydrogen-bond donors (Lipinski definition) is 1. The van der Waals surface area contributed by atoms with Gasteiger partial charge in [0, 0.05) is 12.3 Å². The monoisotopic (exact) mass is 279 g/mol. The summed E-state index contributed by atoms with van der Waals surface area (Å²) in [5, 5.41) is 16.4. The zero-order valence-electron chi connectivity index (χ0n) is 9.61. The lowest BCUT2D eigenvalue weighted by Gasteiger charge is -2.12. The Morgan fingerprint density at radius 3 is 2.61 bits per heavy atom. The molecule has 1 heterocycles. The van der Waals surface area contributed by atoms with Gasteiger partial charge in [-0.25, -0.2) is 0 Å². The molecule has 0 saturated carbocycles. The normalized spacial score (nSPS) is 13.3. The van der Waals surface area contributed by atoms with E-state index in [9.17, 15) is 13.2 Å². The van der Waals surface area contributed by atoms with Crippen LogP contribution in [0.4, 0.5) is 13.2 Å². The van der Waals surface area contributed by atoms with Gasteiger partial charge in [-0.2, -0.15) is 18.4 Å². The Bertz CT molecular complexity index is 436. The second kappa shape index (κ2) is 6.06. The quantitative estimate of drug-likeness (QED) is 0.827. The fraction of sp³-hybridized carbons (Fsp3) is 0.667. The molecular weight excluding hydrogens is 267 g/mol. The largest absolute Gasteiger partial charge is 0.405 e. The van der Waals surface area contributed by atoms with Crippen LogP contribution >= 0.6 is 11.8 Å². The second-order valence-electron chi connectivity index (χ2n) is 3.38. The molecular formula is C9H12F3N5S. The van der Waals surface area contributed by atoms with Crippen LogP contribution in [-0.2, 0) is 13.1 Å². The fourth-order valence-corrected chi connectivity index (χ4v) is 2.33. The third-order valence-corrected chi connectivity index (χ3v) is 3.28. The van der Waals surface area contributed by atoms with Crippen LogP contribution in [0.2, 0.25) is 0 Å². The van der Waals surface area contributed by atoms with Gasteiger partial charge in [0.05, 0.1) is 12.6 Å². The number of hydrogen-bond acceptors (Lipinski definition) is 5. The minimum absolute atomic E-state index is 0.169. The first-order valence-corrected chi connectivity index (χ1v) is 6.13. The van der Waals surface area contributed by atoms with Gasteiger partial charge in [0.15, 0.2) is 11.1 Å². The molecule has 9 heteroatoms. The molecule has 0 aromatic carbocycles. The van der Waals surface area contributed by atoms with Gasteiger partial charge in [-0.1, -0.05) is 11.8 Å². The summed E-state index contributed by atoms with van der Waals surface area (Å²) in [6, 6.07) is 1.24. The van der Waals surface area contributed by atoms with Crippen LogP contribution in [0.15, 0.2) is 5.16 Å². The number of nitriles is 1. The number of aromatic nitrogens is 3. The summed E-state index contributed by atoms with van der Waals surface area (Å²) in [7, 11) is 0. The fourth-order valence-electron chi connectivity index (χ4n) is 1.26. The maximum atomic E-state index is 12.4. The third-order valence-electron chi connectivity index (χ3n) is 2.22. The number of rotatable bonds is 5. The zero-order chi connectivity index (χ0) is 13.8. The van der Waals surface area contributed by atoms with Crippen molar-refractivity contribution in [2.24, 2.45) is 11.7 Å². The van der Waals surface area contributed by atoms with Crippen LogP contribution in [0.5, 0.6) is 0 Å². The Labute approximate surface area is 106 Å². The minimum Gasteiger partial charge on any atom is -0.324 e. The molecule has 0 bridgehead atoms. The van der Waals surface area contributed by atoms with E-state index in [1.165, 1.54) is 6.07 Å². The standard InChI is InChI=1S/C9H12F3N5S/c1-2-17-7(4-14)15-16-8(17)18-5-6(3-13)9(10,11)12/h6H,2,4-5,14H2,1H3. The van der Waals surface area contributed by atoms with Gasteiger partial charge >= 0.3 is 6.18 Å². The van der Waals surface area contributed by atoms with Gasteiger partial charge in [-0.15, -0.1) is 10.2 Å². The Morgan fingerprint density at radius 1 is 1.50 bits per heavy atom. The van der Waals surface area contributed by atoms with Crippen molar-refractivity contribution < 1.29 is 13.2 Å². The van der Waals surface area contributed by atoms with Crippen molar-refractivity contribution in [2.75, 3.05) is 5.75 Å². The van der Waals surface area contributed by atoms with Crippen LogP contribution in [0.3, 0.4) is 0 Å². The van der Waals surface area contributed by atoms with Gasteiger partial charge in [0.1, 0.15) is 5.82 Å². The van der Waals surface area contributed by atoms with E-state index < -0.39 is 17.8 Å². The zero-order valence-corrected chi connectivity index (χ0v) is 10.4. The molecule has 0 aliphatic carbocycles. The molecule has 1 rings (SSSR count). The number of thioether (sulfide) groups is 1. The Morgan fingerprint density at radius 2 is 2.17 bits per heavy atom. The van der Waals surface area contributed by atoms with Crippen LogP contribution in [0.25, 0.3) is 0 Å². The van der Waals surface area contributed by atoms with E-state index >= 15 is 0 Å². The predicted molar refractivity (Wildman–Crippen MR) is 59.5 cm³/mol. The van der Waals surface area contributed by atoms with Crippen molar-refractivity contribution in [3.8, 4) is 6.07 Å². The van der Waals surface area contributed by atoms with Crippen molar-refractivity contribution in [2.45, 2.75) is 31.3 Å². The lowest BCUT2D eigenvalue weighted by molar-refractivity contribution is -0.152. The van der Waals surface area contributed by atoms with Gasteiger partial charge < -0.3 is 10.3 Å². The van der Waals surface area contributed by atoms with E-state index in [0.29, 0.717) is 17.5 Å². The maximum Gasteiger partial charge on any atom is 0.405 e. The van der Waals surface area contributed by atoms with Gasteiger partial charge in [0.2, 0.25) is 0 Å². The first-order valence-electron chi connectivity index (χ1n) is 5.15. The molecule has 1 aromatic heterocycles. The van der Waals surface area contributed by atoms with Gasteiger partial charge in [-0.3, -0.25) is 0 Å². The van der Waals surface area contributed by atoms with Crippen LogP contribution in [0.1, 0.15) is 12.7 Å². The first kappa shape index (κ1) is 14.8. The molecule has 0 radical (unpaired) electrons. The smallest absolute Gasteiger partial charge is 0.324 e. The Hall–Kier alpha value is -1.27. The predicted octanol–water partition coefficient (Wildman–Crippen LogP) is 1.55. The number of halogens is 3. The van der Waals surface area contributed by atoms with E-state index in [4.69, 9.17) is 11.0 Å². The maximum absolute atomic E-state index is 12.4. The van der Waals surface area contributed by atoms with Crippen molar-refractivity contribution in [3.05, 3.63) is 5.82 Å². The molecule has 1 atom stereocenters. The minimum atomic E-state index is -4.52. The highest BCUT2D eigenvalue weighted by molar-refractivity contribution is 7.99. The highest BCUT2D eigenvalue weighted by Gasteiger charge is 2.40. The van der Waals surface area contributed by atoms with E-state index in [1.54, 1.807) is 4.57 Å². The third kappa shape index (κ3) is 3.36. The first-order chi connectivity index (χ1) is 8.43. The highest BCUT2D eigenvalue weighted by Crippen LogP contribution is 2.30. The van der Waals surface area contributed by atoms with E-state index in [-0.39, 0.29) is 6.54 Å². The molecule has 0 spiro atoms. The molecule has 0 saturated heterocycles. The molecule has 5 nitrogen and oxygen atoms in total. The van der Waals surface area contributed by atoms with Crippen molar-refractivity contribution in [1.82, 2.24) is 14.8 Å². The summed E-state index contributed by atoms with van der Waals surface area (Å²) in [5.74, 6) is -1.89. The summed E-state index contributed by atoms with van der Waals surface area (Å²) < 4.78 is 38.8. The van der Waals surface area contributed by atoms with Gasteiger partial charge in [0.25, 0.3) is 0 Å². The molecule has 100 valence electrons. The average Bonchev–Trinajstić information content (AvgIpc) is 2.70. The van der Waals surface area contributed by atoms with Crippen molar-refractivity contribution in [3.63, 3.8) is 0 Å². The van der Waals surface area contributed by atoms with E-state index in [1.807, 2.05) is 6.92 Å².